The smallest absolute Gasteiger partial charge is 0.234 e. The second-order valence-corrected chi connectivity index (χ2v) is 9.35. The van der Waals surface area contributed by atoms with Crippen molar-refractivity contribution < 1.29 is 17.6 Å². The summed E-state index contributed by atoms with van der Waals surface area (Å²) in [5.41, 5.74) is 0.417. The summed E-state index contributed by atoms with van der Waals surface area (Å²) in [6.07, 6.45) is 2.07. The van der Waals surface area contributed by atoms with Gasteiger partial charge in [0.1, 0.15) is 5.76 Å². The van der Waals surface area contributed by atoms with Gasteiger partial charge >= 0.3 is 0 Å². The Morgan fingerprint density at radius 1 is 1.19 bits per heavy atom. The van der Waals surface area contributed by atoms with Crippen molar-refractivity contribution in [2.45, 2.75) is 32.0 Å². The molecule has 1 saturated heterocycles. The molecule has 1 amide bonds. The van der Waals surface area contributed by atoms with Crippen molar-refractivity contribution in [2.24, 2.45) is 0 Å². The molecule has 1 atom stereocenters. The van der Waals surface area contributed by atoms with Gasteiger partial charge < -0.3 is 9.73 Å². The predicted molar refractivity (Wildman–Crippen MR) is 99.1 cm³/mol. The van der Waals surface area contributed by atoms with Crippen molar-refractivity contribution in [1.82, 2.24) is 10.2 Å². The van der Waals surface area contributed by atoms with Crippen molar-refractivity contribution in [3.05, 3.63) is 60.1 Å². The Morgan fingerprint density at radius 2 is 1.96 bits per heavy atom. The van der Waals surface area contributed by atoms with Crippen LogP contribution in [0.25, 0.3) is 0 Å². The van der Waals surface area contributed by atoms with Crippen molar-refractivity contribution in [3.8, 4) is 0 Å². The fourth-order valence-corrected chi connectivity index (χ4v) is 5.41. The van der Waals surface area contributed by atoms with Crippen LogP contribution in [0.5, 0.6) is 0 Å². The normalized spacial score (nSPS) is 21.8. The van der Waals surface area contributed by atoms with E-state index in [2.05, 4.69) is 5.32 Å². The van der Waals surface area contributed by atoms with E-state index in [-0.39, 0.29) is 24.0 Å². The summed E-state index contributed by atoms with van der Waals surface area (Å²) in [6.45, 7) is 3.07. The van der Waals surface area contributed by atoms with Crippen LogP contribution in [0.15, 0.2) is 53.1 Å². The largest absolute Gasteiger partial charge is 0.468 e. The summed E-state index contributed by atoms with van der Waals surface area (Å²) in [5.74, 6) is 0.738. The van der Waals surface area contributed by atoms with Crippen LogP contribution >= 0.6 is 0 Å². The molecule has 0 aliphatic carbocycles. The molecule has 140 valence electrons. The highest BCUT2D eigenvalue weighted by atomic mass is 32.2. The number of carbonyl (C=O) groups excluding carboxylic acids is 1. The second-order valence-electron chi connectivity index (χ2n) is 7.16. The molecule has 1 N–H and O–H groups in total. The maximum atomic E-state index is 12.6. The van der Waals surface area contributed by atoms with Crippen LogP contribution in [0.2, 0.25) is 0 Å². The number of hydrogen-bond acceptors (Lipinski definition) is 5. The standard InChI is InChI=1S/C19H24N2O4S/c1-19(9-11-26(23,24)15-19)20-18(22)14-21(13-17-8-5-10-25-17)12-16-6-3-2-4-7-16/h2-8,10H,9,11-15H2,1H3,(H,20,22)/t19-/m1/s1. The van der Waals surface area contributed by atoms with E-state index in [1.54, 1.807) is 13.2 Å². The SMILES string of the molecule is C[C@@]1(NC(=O)CN(Cc2ccccc2)Cc2ccco2)CCS(=O)(=O)C1. The third-order valence-corrected chi connectivity index (χ3v) is 6.42. The molecule has 0 unspecified atom stereocenters. The van der Waals surface area contributed by atoms with Gasteiger partial charge in [0.15, 0.2) is 9.84 Å². The molecular weight excluding hydrogens is 352 g/mol. The van der Waals surface area contributed by atoms with E-state index in [4.69, 9.17) is 4.42 Å². The number of sulfone groups is 1. The summed E-state index contributed by atoms with van der Waals surface area (Å²) in [5, 5.41) is 2.92. The Labute approximate surface area is 154 Å². The van der Waals surface area contributed by atoms with Crippen molar-refractivity contribution in [1.29, 1.82) is 0 Å². The van der Waals surface area contributed by atoms with Gasteiger partial charge in [0.2, 0.25) is 5.91 Å². The Balaban J connectivity index is 1.65. The van der Waals surface area contributed by atoms with Crippen LogP contribution in [0.1, 0.15) is 24.7 Å². The molecule has 0 bridgehead atoms. The molecule has 2 heterocycles. The van der Waals surface area contributed by atoms with E-state index in [1.807, 2.05) is 47.4 Å². The minimum Gasteiger partial charge on any atom is -0.468 e. The first-order valence-corrected chi connectivity index (χ1v) is 10.5. The van der Waals surface area contributed by atoms with Crippen molar-refractivity contribution in [3.63, 3.8) is 0 Å². The molecule has 0 spiro atoms. The van der Waals surface area contributed by atoms with Crippen molar-refractivity contribution >= 4 is 15.7 Å². The van der Waals surface area contributed by atoms with Gasteiger partial charge in [-0.3, -0.25) is 9.69 Å². The molecule has 1 aliphatic heterocycles. The van der Waals surface area contributed by atoms with Gasteiger partial charge in [0, 0.05) is 6.54 Å². The van der Waals surface area contributed by atoms with Crippen LogP contribution in [0.3, 0.4) is 0 Å². The topological polar surface area (TPSA) is 79.6 Å². The van der Waals surface area contributed by atoms with Crippen LogP contribution in [-0.2, 0) is 27.7 Å². The Morgan fingerprint density at radius 3 is 2.58 bits per heavy atom. The Hall–Kier alpha value is -2.12. The van der Waals surface area contributed by atoms with E-state index in [0.29, 0.717) is 19.5 Å². The first-order chi connectivity index (χ1) is 12.3. The van der Waals surface area contributed by atoms with E-state index >= 15 is 0 Å². The van der Waals surface area contributed by atoms with Crippen LogP contribution in [0, 0.1) is 0 Å². The van der Waals surface area contributed by atoms with Gasteiger partial charge in [-0.25, -0.2) is 8.42 Å². The maximum Gasteiger partial charge on any atom is 0.234 e. The van der Waals surface area contributed by atoms with Crippen LogP contribution in [0.4, 0.5) is 0 Å². The zero-order chi connectivity index (χ0) is 18.6. The predicted octanol–water partition coefficient (Wildman–Crippen LogP) is 1.98. The highest BCUT2D eigenvalue weighted by Gasteiger charge is 2.39. The number of carbonyl (C=O) groups is 1. The first kappa shape index (κ1) is 18.7. The molecule has 2 aromatic rings. The van der Waals surface area contributed by atoms with Crippen molar-refractivity contribution in [2.75, 3.05) is 18.1 Å². The minimum atomic E-state index is -3.06. The first-order valence-electron chi connectivity index (χ1n) is 8.64. The summed E-state index contributed by atoms with van der Waals surface area (Å²) in [6, 6.07) is 13.6. The molecule has 1 aromatic carbocycles. The van der Waals surface area contributed by atoms with E-state index in [9.17, 15) is 13.2 Å². The molecule has 26 heavy (non-hydrogen) atoms. The lowest BCUT2D eigenvalue weighted by atomic mass is 10.0. The third-order valence-electron chi connectivity index (χ3n) is 4.52. The molecule has 6 nitrogen and oxygen atoms in total. The molecular formula is C19H24N2O4S. The number of nitrogens with zero attached hydrogens (tertiary/aromatic N) is 1. The quantitative estimate of drug-likeness (QED) is 0.799. The average molecular weight is 376 g/mol. The monoisotopic (exact) mass is 376 g/mol. The molecule has 7 heteroatoms. The number of rotatable bonds is 7. The summed E-state index contributed by atoms with van der Waals surface area (Å²) in [4.78, 5) is 14.5. The summed E-state index contributed by atoms with van der Waals surface area (Å²) in [7, 11) is -3.06. The number of nitrogens with one attached hydrogen (secondary N) is 1. The van der Waals surface area contributed by atoms with E-state index < -0.39 is 15.4 Å². The van der Waals surface area contributed by atoms with Gasteiger partial charge in [0.25, 0.3) is 0 Å². The zero-order valence-corrected chi connectivity index (χ0v) is 15.7. The molecule has 1 aliphatic rings. The Bertz CT molecular complexity index is 834. The number of amides is 1. The molecule has 3 rings (SSSR count). The highest BCUT2D eigenvalue weighted by Crippen LogP contribution is 2.22. The van der Waals surface area contributed by atoms with Crippen LogP contribution < -0.4 is 5.32 Å². The molecule has 0 saturated carbocycles. The summed E-state index contributed by atoms with van der Waals surface area (Å²) < 4.78 is 28.9. The zero-order valence-electron chi connectivity index (χ0n) is 14.8. The van der Waals surface area contributed by atoms with Gasteiger partial charge in [-0.15, -0.1) is 0 Å². The number of furan rings is 1. The lowest BCUT2D eigenvalue weighted by molar-refractivity contribution is -0.124. The van der Waals surface area contributed by atoms with Gasteiger partial charge in [-0.05, 0) is 31.0 Å². The minimum absolute atomic E-state index is 0.00259. The second kappa shape index (κ2) is 7.63. The number of hydrogen-bond donors (Lipinski definition) is 1. The van der Waals surface area contributed by atoms with E-state index in [0.717, 1.165) is 11.3 Å². The van der Waals surface area contributed by atoms with Gasteiger partial charge in [0.05, 0.1) is 36.4 Å². The van der Waals surface area contributed by atoms with Crippen LogP contribution in [-0.4, -0.2) is 42.8 Å². The van der Waals surface area contributed by atoms with E-state index in [1.165, 1.54) is 0 Å². The Kier molecular flexibility index (Phi) is 5.48. The summed E-state index contributed by atoms with van der Waals surface area (Å²) >= 11 is 0. The molecule has 1 aromatic heterocycles. The number of benzene rings is 1. The van der Waals surface area contributed by atoms with Gasteiger partial charge in [-0.1, -0.05) is 30.3 Å². The lowest BCUT2D eigenvalue weighted by Crippen LogP contribution is -2.50. The lowest BCUT2D eigenvalue weighted by Gasteiger charge is -2.27. The molecule has 0 radical (unpaired) electrons. The fourth-order valence-electron chi connectivity index (χ4n) is 3.32. The molecule has 1 fully saturated rings. The average Bonchev–Trinajstić information content (AvgIpc) is 3.15. The van der Waals surface area contributed by atoms with Gasteiger partial charge in [-0.2, -0.15) is 0 Å². The fraction of sp³-hybridized carbons (Fsp3) is 0.421. The highest BCUT2D eigenvalue weighted by molar-refractivity contribution is 7.91. The maximum absolute atomic E-state index is 12.6. The third kappa shape index (κ3) is 5.19.